The van der Waals surface area contributed by atoms with E-state index in [9.17, 15) is 4.79 Å². The lowest BCUT2D eigenvalue weighted by Gasteiger charge is -2.22. The lowest BCUT2D eigenvalue weighted by atomic mass is 10.0. The molecule has 1 fully saturated rings. The van der Waals surface area contributed by atoms with Crippen molar-refractivity contribution >= 4 is 5.91 Å². The second-order valence-corrected chi connectivity index (χ2v) is 7.17. The molecular formula is C20H28N4O2. The Balaban J connectivity index is 1.50. The molecule has 2 aromatic heterocycles. The number of furan rings is 1. The molecular weight excluding hydrogens is 328 g/mol. The van der Waals surface area contributed by atoms with Gasteiger partial charge in [0, 0.05) is 31.7 Å². The van der Waals surface area contributed by atoms with E-state index in [2.05, 4.69) is 27.9 Å². The van der Waals surface area contributed by atoms with Crippen molar-refractivity contribution in [1.29, 1.82) is 0 Å². The molecule has 1 saturated heterocycles. The highest BCUT2D eigenvalue weighted by Crippen LogP contribution is 2.22. The maximum Gasteiger partial charge on any atom is 0.274 e. The number of nitrogens with zero attached hydrogens (tertiary/aromatic N) is 4. The third-order valence-corrected chi connectivity index (χ3v) is 5.00. The maximum atomic E-state index is 12.6. The number of carbonyl (C=O) groups excluding carboxylic acids is 1. The minimum Gasteiger partial charge on any atom is -0.466 e. The van der Waals surface area contributed by atoms with Crippen LogP contribution in [-0.2, 0) is 0 Å². The van der Waals surface area contributed by atoms with Gasteiger partial charge in [0.05, 0.1) is 11.9 Å². The predicted molar refractivity (Wildman–Crippen MR) is 100 cm³/mol. The fourth-order valence-electron chi connectivity index (χ4n) is 3.30. The number of hydrogen-bond acceptors (Lipinski definition) is 5. The molecule has 2 aromatic rings. The molecule has 140 valence electrons. The molecule has 6 nitrogen and oxygen atoms in total. The molecule has 0 aliphatic carbocycles. The number of aromatic nitrogens is 2. The summed E-state index contributed by atoms with van der Waals surface area (Å²) in [4.78, 5) is 25.4. The van der Waals surface area contributed by atoms with E-state index < -0.39 is 0 Å². The summed E-state index contributed by atoms with van der Waals surface area (Å²) in [7, 11) is 0. The first-order valence-electron chi connectivity index (χ1n) is 9.39. The summed E-state index contributed by atoms with van der Waals surface area (Å²) in [5.74, 6) is 2.42. The number of carbonyl (C=O) groups is 1. The highest BCUT2D eigenvalue weighted by Gasteiger charge is 2.22. The van der Waals surface area contributed by atoms with Crippen LogP contribution in [0, 0.1) is 13.8 Å². The first kappa shape index (κ1) is 18.6. The van der Waals surface area contributed by atoms with Crippen molar-refractivity contribution in [1.82, 2.24) is 19.8 Å². The SMILES string of the molecule is Cc1cnc(C(=O)N2CCCN(CCC(C)c3ccc(C)o3)CC2)cn1. The van der Waals surface area contributed by atoms with Crippen LogP contribution in [0.25, 0.3) is 0 Å². The zero-order valence-corrected chi connectivity index (χ0v) is 15.9. The van der Waals surface area contributed by atoms with Gasteiger partial charge >= 0.3 is 0 Å². The molecule has 0 saturated carbocycles. The van der Waals surface area contributed by atoms with E-state index >= 15 is 0 Å². The number of aryl methyl sites for hydroxylation is 2. The van der Waals surface area contributed by atoms with Gasteiger partial charge in [0.1, 0.15) is 17.2 Å². The Bertz CT molecular complexity index is 726. The van der Waals surface area contributed by atoms with Gasteiger partial charge in [-0.3, -0.25) is 9.78 Å². The standard InChI is InChI=1S/C20H28N4O2/c1-15(19-6-5-17(3)26-19)7-10-23-8-4-9-24(12-11-23)20(25)18-14-21-16(2)13-22-18/h5-6,13-15H,4,7-12H2,1-3H3. The second kappa shape index (κ2) is 8.45. The molecule has 0 radical (unpaired) electrons. The van der Waals surface area contributed by atoms with Crippen LogP contribution in [0.1, 0.15) is 53.4 Å². The molecule has 1 amide bonds. The van der Waals surface area contributed by atoms with Crippen molar-refractivity contribution in [2.75, 3.05) is 32.7 Å². The summed E-state index contributed by atoms with van der Waals surface area (Å²) in [6, 6.07) is 4.10. The van der Waals surface area contributed by atoms with Crippen molar-refractivity contribution in [2.45, 2.75) is 39.5 Å². The zero-order chi connectivity index (χ0) is 18.5. The van der Waals surface area contributed by atoms with Crippen molar-refractivity contribution in [3.63, 3.8) is 0 Å². The highest BCUT2D eigenvalue weighted by molar-refractivity contribution is 5.92. The van der Waals surface area contributed by atoms with Crippen LogP contribution in [0.15, 0.2) is 28.9 Å². The topological polar surface area (TPSA) is 62.5 Å². The van der Waals surface area contributed by atoms with Crippen LogP contribution in [0.3, 0.4) is 0 Å². The predicted octanol–water partition coefficient (Wildman–Crippen LogP) is 3.03. The summed E-state index contributed by atoms with van der Waals surface area (Å²) in [5, 5.41) is 0. The van der Waals surface area contributed by atoms with Gasteiger partial charge in [-0.25, -0.2) is 4.98 Å². The molecule has 1 aliphatic heterocycles. The average molecular weight is 356 g/mol. The minimum atomic E-state index is -0.0150. The molecule has 26 heavy (non-hydrogen) atoms. The lowest BCUT2D eigenvalue weighted by Crippen LogP contribution is -2.36. The van der Waals surface area contributed by atoms with Gasteiger partial charge in [-0.2, -0.15) is 0 Å². The summed E-state index contributed by atoms with van der Waals surface area (Å²) in [6.07, 6.45) is 5.27. The van der Waals surface area contributed by atoms with Crippen LogP contribution >= 0.6 is 0 Å². The van der Waals surface area contributed by atoms with Crippen molar-refractivity contribution < 1.29 is 9.21 Å². The van der Waals surface area contributed by atoms with E-state index in [0.717, 1.165) is 62.8 Å². The average Bonchev–Trinajstić information content (AvgIpc) is 2.94. The molecule has 0 bridgehead atoms. The molecule has 3 rings (SSSR count). The van der Waals surface area contributed by atoms with Gasteiger partial charge in [0.15, 0.2) is 0 Å². The lowest BCUT2D eigenvalue weighted by molar-refractivity contribution is 0.0755. The monoisotopic (exact) mass is 356 g/mol. The van der Waals surface area contributed by atoms with Gasteiger partial charge in [-0.05, 0) is 51.9 Å². The molecule has 0 spiro atoms. The molecule has 6 heteroatoms. The van der Waals surface area contributed by atoms with E-state index in [-0.39, 0.29) is 5.91 Å². The molecule has 3 heterocycles. The van der Waals surface area contributed by atoms with Crippen molar-refractivity contribution in [3.05, 3.63) is 47.4 Å². The van der Waals surface area contributed by atoms with E-state index in [4.69, 9.17) is 4.42 Å². The number of rotatable bonds is 5. The fraction of sp³-hybridized carbons (Fsp3) is 0.550. The first-order valence-corrected chi connectivity index (χ1v) is 9.39. The van der Waals surface area contributed by atoms with Gasteiger partial charge < -0.3 is 14.2 Å². The van der Waals surface area contributed by atoms with E-state index in [1.165, 1.54) is 0 Å². The van der Waals surface area contributed by atoms with Crippen LogP contribution in [0.5, 0.6) is 0 Å². The normalized spacial score (nSPS) is 17.1. The summed E-state index contributed by atoms with van der Waals surface area (Å²) >= 11 is 0. The summed E-state index contributed by atoms with van der Waals surface area (Å²) in [6.45, 7) is 10.5. The number of hydrogen-bond donors (Lipinski definition) is 0. The quantitative estimate of drug-likeness (QED) is 0.824. The summed E-state index contributed by atoms with van der Waals surface area (Å²) < 4.78 is 5.73. The van der Waals surface area contributed by atoms with Gasteiger partial charge in [0.25, 0.3) is 5.91 Å². The van der Waals surface area contributed by atoms with E-state index in [1.54, 1.807) is 12.4 Å². The van der Waals surface area contributed by atoms with E-state index in [1.807, 2.05) is 24.8 Å². The van der Waals surface area contributed by atoms with E-state index in [0.29, 0.717) is 11.6 Å². The van der Waals surface area contributed by atoms with Gasteiger partial charge in [-0.15, -0.1) is 0 Å². The van der Waals surface area contributed by atoms with Gasteiger partial charge in [0.2, 0.25) is 0 Å². The van der Waals surface area contributed by atoms with Crippen LogP contribution in [0.4, 0.5) is 0 Å². The Kier molecular flexibility index (Phi) is 6.04. The Morgan fingerprint density at radius 2 is 2.00 bits per heavy atom. The highest BCUT2D eigenvalue weighted by atomic mass is 16.3. The van der Waals surface area contributed by atoms with Crippen LogP contribution < -0.4 is 0 Å². The maximum absolute atomic E-state index is 12.6. The van der Waals surface area contributed by atoms with Crippen LogP contribution in [-0.4, -0.2) is 58.4 Å². The molecule has 0 aromatic carbocycles. The largest absolute Gasteiger partial charge is 0.466 e. The zero-order valence-electron chi connectivity index (χ0n) is 15.9. The number of amides is 1. The first-order chi connectivity index (χ1) is 12.5. The Labute approximate surface area is 155 Å². The minimum absolute atomic E-state index is 0.0150. The Morgan fingerprint density at radius 1 is 1.15 bits per heavy atom. The van der Waals surface area contributed by atoms with Crippen molar-refractivity contribution in [3.8, 4) is 0 Å². The molecule has 1 unspecified atom stereocenters. The van der Waals surface area contributed by atoms with Crippen molar-refractivity contribution in [2.24, 2.45) is 0 Å². The van der Waals surface area contributed by atoms with Crippen LogP contribution in [0.2, 0.25) is 0 Å². The Morgan fingerprint density at radius 3 is 2.69 bits per heavy atom. The molecule has 1 aliphatic rings. The summed E-state index contributed by atoms with van der Waals surface area (Å²) in [5.41, 5.74) is 1.26. The fourth-order valence-corrected chi connectivity index (χ4v) is 3.30. The molecule has 0 N–H and O–H groups in total. The molecule has 1 atom stereocenters. The third kappa shape index (κ3) is 4.69. The smallest absolute Gasteiger partial charge is 0.274 e. The third-order valence-electron chi connectivity index (χ3n) is 5.00. The Hall–Kier alpha value is -2.21. The second-order valence-electron chi connectivity index (χ2n) is 7.17. The van der Waals surface area contributed by atoms with Gasteiger partial charge in [-0.1, -0.05) is 6.92 Å².